The summed E-state index contributed by atoms with van der Waals surface area (Å²) in [5.41, 5.74) is 2.33. The molecular formula is C13H13ClN2. The lowest BCUT2D eigenvalue weighted by molar-refractivity contribution is 0.701. The first-order valence-electron chi connectivity index (χ1n) is 5.19. The molecule has 0 fully saturated rings. The molecule has 3 heteroatoms. The van der Waals surface area contributed by atoms with Crippen LogP contribution in [-0.2, 0) is 6.54 Å². The van der Waals surface area contributed by atoms with E-state index >= 15 is 0 Å². The quantitative estimate of drug-likeness (QED) is 0.584. The predicted molar refractivity (Wildman–Crippen MR) is 67.5 cm³/mol. The fraction of sp³-hybridized carbons (Fsp3) is 0.154. The van der Waals surface area contributed by atoms with Gasteiger partial charge in [0, 0.05) is 17.6 Å². The Bertz CT molecular complexity index is 460. The fourth-order valence-electron chi connectivity index (χ4n) is 1.49. The summed E-state index contributed by atoms with van der Waals surface area (Å²) in [5.74, 6) is 0.548. The highest BCUT2D eigenvalue weighted by atomic mass is 35.5. The molecule has 1 heterocycles. The molecule has 0 atom stereocenters. The number of hydrogen-bond donors (Lipinski definition) is 0. The largest absolute Gasteiger partial charge is 0.268 e. The SMILES string of the molecule is ClCC=CCn1cc(-c2ccccc2)cn1. The number of halogens is 1. The number of rotatable bonds is 4. The predicted octanol–water partition coefficient (Wildman–Crippen LogP) is 3.35. The van der Waals surface area contributed by atoms with Gasteiger partial charge in [-0.15, -0.1) is 11.6 Å². The molecule has 0 aliphatic carbocycles. The molecule has 2 rings (SSSR count). The number of alkyl halides is 1. The third-order valence-corrected chi connectivity index (χ3v) is 2.47. The summed E-state index contributed by atoms with van der Waals surface area (Å²) in [6.07, 6.45) is 7.85. The zero-order valence-electron chi connectivity index (χ0n) is 8.88. The molecule has 0 spiro atoms. The van der Waals surface area contributed by atoms with E-state index < -0.39 is 0 Å². The highest BCUT2D eigenvalue weighted by Gasteiger charge is 1.99. The Labute approximate surface area is 100 Å². The van der Waals surface area contributed by atoms with E-state index in [1.807, 2.05) is 47.4 Å². The molecule has 0 aliphatic heterocycles. The van der Waals surface area contributed by atoms with Gasteiger partial charge < -0.3 is 0 Å². The Hall–Kier alpha value is -1.54. The minimum Gasteiger partial charge on any atom is -0.268 e. The van der Waals surface area contributed by atoms with Crippen molar-refractivity contribution >= 4 is 11.6 Å². The van der Waals surface area contributed by atoms with Crippen LogP contribution in [0.15, 0.2) is 54.9 Å². The van der Waals surface area contributed by atoms with Crippen LogP contribution in [0.3, 0.4) is 0 Å². The second-order valence-electron chi connectivity index (χ2n) is 3.44. The molecule has 0 unspecified atom stereocenters. The normalized spacial score (nSPS) is 11.1. The smallest absolute Gasteiger partial charge is 0.0590 e. The molecule has 0 saturated carbocycles. The van der Waals surface area contributed by atoms with Gasteiger partial charge in [-0.25, -0.2) is 0 Å². The van der Waals surface area contributed by atoms with Gasteiger partial charge in [-0.3, -0.25) is 4.68 Å². The van der Waals surface area contributed by atoms with Crippen molar-refractivity contribution in [3.63, 3.8) is 0 Å². The van der Waals surface area contributed by atoms with Crippen molar-refractivity contribution in [1.29, 1.82) is 0 Å². The van der Waals surface area contributed by atoms with Gasteiger partial charge >= 0.3 is 0 Å². The Balaban J connectivity index is 2.11. The first-order valence-corrected chi connectivity index (χ1v) is 5.72. The van der Waals surface area contributed by atoms with Crippen LogP contribution in [0.25, 0.3) is 11.1 Å². The van der Waals surface area contributed by atoms with Gasteiger partial charge in [0.2, 0.25) is 0 Å². The lowest BCUT2D eigenvalue weighted by Gasteiger charge is -1.95. The van der Waals surface area contributed by atoms with Crippen molar-refractivity contribution in [3.8, 4) is 11.1 Å². The van der Waals surface area contributed by atoms with Crippen LogP contribution < -0.4 is 0 Å². The minimum atomic E-state index is 0.548. The molecule has 82 valence electrons. The maximum Gasteiger partial charge on any atom is 0.0590 e. The number of aromatic nitrogens is 2. The summed E-state index contributed by atoms with van der Waals surface area (Å²) in [4.78, 5) is 0. The van der Waals surface area contributed by atoms with E-state index in [2.05, 4.69) is 17.2 Å². The molecule has 0 radical (unpaired) electrons. The van der Waals surface area contributed by atoms with Gasteiger partial charge in [-0.1, -0.05) is 42.5 Å². The molecule has 0 bridgehead atoms. The highest BCUT2D eigenvalue weighted by Crippen LogP contribution is 2.17. The molecule has 1 aromatic carbocycles. The topological polar surface area (TPSA) is 17.8 Å². The standard InChI is InChI=1S/C13H13ClN2/c14-8-4-5-9-16-11-13(10-15-16)12-6-2-1-3-7-12/h1-7,10-11H,8-9H2. The van der Waals surface area contributed by atoms with E-state index in [1.165, 1.54) is 5.56 Å². The maximum atomic E-state index is 5.55. The Morgan fingerprint density at radius 3 is 2.69 bits per heavy atom. The maximum absolute atomic E-state index is 5.55. The summed E-state index contributed by atoms with van der Waals surface area (Å²) in [6, 6.07) is 10.2. The first-order chi connectivity index (χ1) is 7.90. The summed E-state index contributed by atoms with van der Waals surface area (Å²) in [5, 5.41) is 4.29. The number of hydrogen-bond acceptors (Lipinski definition) is 1. The second kappa shape index (κ2) is 5.52. The zero-order valence-corrected chi connectivity index (χ0v) is 9.64. The molecular weight excluding hydrogens is 220 g/mol. The van der Waals surface area contributed by atoms with Gasteiger partial charge in [0.05, 0.1) is 12.7 Å². The third-order valence-electron chi connectivity index (χ3n) is 2.29. The molecule has 0 amide bonds. The molecule has 0 N–H and O–H groups in total. The van der Waals surface area contributed by atoms with Crippen LogP contribution in [0.2, 0.25) is 0 Å². The van der Waals surface area contributed by atoms with Gasteiger partial charge in [0.15, 0.2) is 0 Å². The molecule has 1 aromatic heterocycles. The minimum absolute atomic E-state index is 0.548. The average Bonchev–Trinajstić information content (AvgIpc) is 2.79. The molecule has 2 aromatic rings. The van der Waals surface area contributed by atoms with E-state index in [9.17, 15) is 0 Å². The number of nitrogens with zero attached hydrogens (tertiary/aromatic N) is 2. The van der Waals surface area contributed by atoms with E-state index in [-0.39, 0.29) is 0 Å². The fourth-order valence-corrected chi connectivity index (χ4v) is 1.61. The summed E-state index contributed by atoms with van der Waals surface area (Å²) in [6.45, 7) is 0.763. The van der Waals surface area contributed by atoms with Crippen molar-refractivity contribution in [3.05, 3.63) is 54.9 Å². The van der Waals surface area contributed by atoms with Crippen molar-refractivity contribution in [2.45, 2.75) is 6.54 Å². The van der Waals surface area contributed by atoms with Crippen LogP contribution >= 0.6 is 11.6 Å². The molecule has 2 nitrogen and oxygen atoms in total. The molecule has 16 heavy (non-hydrogen) atoms. The van der Waals surface area contributed by atoms with E-state index in [1.54, 1.807) is 0 Å². The van der Waals surface area contributed by atoms with Gasteiger partial charge in [0.25, 0.3) is 0 Å². The Kier molecular flexibility index (Phi) is 3.78. The second-order valence-corrected chi connectivity index (χ2v) is 3.75. The van der Waals surface area contributed by atoms with Gasteiger partial charge in [0.1, 0.15) is 0 Å². The van der Waals surface area contributed by atoms with Crippen molar-refractivity contribution in [1.82, 2.24) is 9.78 Å². The van der Waals surface area contributed by atoms with E-state index in [4.69, 9.17) is 11.6 Å². The number of benzene rings is 1. The van der Waals surface area contributed by atoms with E-state index in [0.29, 0.717) is 5.88 Å². The summed E-state index contributed by atoms with van der Waals surface area (Å²) >= 11 is 5.55. The lowest BCUT2D eigenvalue weighted by Crippen LogP contribution is -1.94. The Morgan fingerprint density at radius 1 is 1.12 bits per heavy atom. The van der Waals surface area contributed by atoms with Crippen LogP contribution in [0.5, 0.6) is 0 Å². The van der Waals surface area contributed by atoms with Crippen LogP contribution in [-0.4, -0.2) is 15.7 Å². The average molecular weight is 233 g/mol. The number of allylic oxidation sites excluding steroid dienone is 2. The van der Waals surface area contributed by atoms with Gasteiger partial charge in [-0.05, 0) is 5.56 Å². The van der Waals surface area contributed by atoms with Crippen LogP contribution in [0.1, 0.15) is 0 Å². The Morgan fingerprint density at radius 2 is 1.94 bits per heavy atom. The monoisotopic (exact) mass is 232 g/mol. The summed E-state index contributed by atoms with van der Waals surface area (Å²) in [7, 11) is 0. The van der Waals surface area contributed by atoms with Crippen LogP contribution in [0, 0.1) is 0 Å². The third kappa shape index (κ3) is 2.74. The summed E-state index contributed by atoms with van der Waals surface area (Å²) < 4.78 is 1.89. The molecule has 0 saturated heterocycles. The zero-order chi connectivity index (χ0) is 11.2. The van der Waals surface area contributed by atoms with Gasteiger partial charge in [-0.2, -0.15) is 5.10 Å². The molecule has 0 aliphatic rings. The van der Waals surface area contributed by atoms with Crippen molar-refractivity contribution in [2.75, 3.05) is 5.88 Å². The van der Waals surface area contributed by atoms with Crippen molar-refractivity contribution < 1.29 is 0 Å². The van der Waals surface area contributed by atoms with Crippen LogP contribution in [0.4, 0.5) is 0 Å². The van der Waals surface area contributed by atoms with E-state index in [0.717, 1.165) is 12.1 Å². The lowest BCUT2D eigenvalue weighted by atomic mass is 10.1. The highest BCUT2D eigenvalue weighted by molar-refractivity contribution is 6.18. The van der Waals surface area contributed by atoms with Crippen molar-refractivity contribution in [2.24, 2.45) is 0 Å². The first kappa shape index (κ1) is 11.0.